The summed E-state index contributed by atoms with van der Waals surface area (Å²) >= 11 is 0. The lowest BCUT2D eigenvalue weighted by atomic mass is 9.92. The predicted octanol–water partition coefficient (Wildman–Crippen LogP) is 12.4. The van der Waals surface area contributed by atoms with Crippen LogP contribution in [0.25, 0.3) is 99.9 Å². The highest BCUT2D eigenvalue weighted by Crippen LogP contribution is 2.40. The van der Waals surface area contributed by atoms with E-state index in [2.05, 4.69) is 146 Å². The van der Waals surface area contributed by atoms with Crippen LogP contribution in [0.1, 0.15) is 0 Å². The molecule has 0 radical (unpaired) electrons. The van der Waals surface area contributed by atoms with Gasteiger partial charge in [0.25, 0.3) is 0 Å². The molecule has 10 aromatic rings. The molecule has 0 aliphatic carbocycles. The maximum Gasteiger partial charge on any atom is 0.167 e. The van der Waals surface area contributed by atoms with Crippen LogP contribution in [0.4, 0.5) is 0 Å². The first-order valence-corrected chi connectivity index (χ1v) is 17.1. The second-order valence-corrected chi connectivity index (χ2v) is 12.8. The van der Waals surface area contributed by atoms with Crippen LogP contribution in [0.3, 0.4) is 0 Å². The van der Waals surface area contributed by atoms with Crippen molar-refractivity contribution in [3.63, 3.8) is 0 Å². The molecule has 2 heterocycles. The highest BCUT2D eigenvalue weighted by Gasteiger charge is 2.21. The lowest BCUT2D eigenvalue weighted by Gasteiger charge is -2.15. The second-order valence-electron chi connectivity index (χ2n) is 12.8. The Morgan fingerprint density at radius 2 is 0.980 bits per heavy atom. The minimum absolute atomic E-state index is 0.558. The third kappa shape index (κ3) is 5.04. The number of nitrogens with zero attached hydrogens (tertiary/aromatic N) is 3. The molecule has 0 fully saturated rings. The van der Waals surface area contributed by atoms with Crippen LogP contribution in [-0.2, 0) is 0 Å². The summed E-state index contributed by atoms with van der Waals surface area (Å²) in [5, 5.41) is 6.66. The molecule has 0 amide bonds. The zero-order chi connectivity index (χ0) is 33.7. The van der Waals surface area contributed by atoms with E-state index < -0.39 is 0 Å². The molecule has 10 rings (SSSR count). The number of aromatic nitrogens is 3. The van der Waals surface area contributed by atoms with Crippen LogP contribution in [0, 0.1) is 0 Å². The van der Waals surface area contributed by atoms with Crippen LogP contribution < -0.4 is 0 Å². The Bertz CT molecular complexity index is 2930. The summed E-state index contributed by atoms with van der Waals surface area (Å²) in [6.07, 6.45) is 0. The maximum absolute atomic E-state index is 6.51. The van der Waals surface area contributed by atoms with Crippen LogP contribution in [0.2, 0.25) is 0 Å². The Labute approximate surface area is 294 Å². The highest BCUT2D eigenvalue weighted by atomic mass is 16.3. The van der Waals surface area contributed by atoms with Gasteiger partial charge in [0.2, 0.25) is 0 Å². The molecular formula is C47H29N3O. The summed E-state index contributed by atoms with van der Waals surface area (Å²) in [7, 11) is 0. The molecular weight excluding hydrogens is 623 g/mol. The van der Waals surface area contributed by atoms with Gasteiger partial charge in [-0.1, -0.05) is 152 Å². The molecule has 0 bridgehead atoms. The van der Waals surface area contributed by atoms with Gasteiger partial charge in [-0.15, -0.1) is 0 Å². The van der Waals surface area contributed by atoms with Crippen molar-refractivity contribution in [2.45, 2.75) is 0 Å². The summed E-state index contributed by atoms with van der Waals surface area (Å²) in [4.78, 5) is 15.8. The van der Waals surface area contributed by atoms with Crippen molar-refractivity contribution >= 4 is 43.5 Å². The predicted molar refractivity (Wildman–Crippen MR) is 209 cm³/mol. The number of furan rings is 1. The van der Waals surface area contributed by atoms with Gasteiger partial charge in [-0.3, -0.25) is 0 Å². The number of benzene rings is 8. The lowest BCUT2D eigenvalue weighted by molar-refractivity contribution is 0.669. The number of fused-ring (bicyclic) bond motifs is 5. The van der Waals surface area contributed by atoms with Gasteiger partial charge >= 0.3 is 0 Å². The molecule has 238 valence electrons. The van der Waals surface area contributed by atoms with Crippen molar-refractivity contribution in [3.05, 3.63) is 176 Å². The van der Waals surface area contributed by atoms with Crippen LogP contribution >= 0.6 is 0 Å². The van der Waals surface area contributed by atoms with E-state index in [1.807, 2.05) is 30.3 Å². The normalized spacial score (nSPS) is 11.5. The molecule has 0 saturated heterocycles. The van der Waals surface area contributed by atoms with Gasteiger partial charge < -0.3 is 4.42 Å². The van der Waals surface area contributed by atoms with Crippen molar-refractivity contribution in [1.29, 1.82) is 0 Å². The average molecular weight is 652 g/mol. The molecule has 0 aliphatic heterocycles. The molecule has 0 unspecified atom stereocenters. The minimum atomic E-state index is 0.558. The van der Waals surface area contributed by atoms with Crippen molar-refractivity contribution in [1.82, 2.24) is 15.0 Å². The van der Waals surface area contributed by atoms with Crippen molar-refractivity contribution in [3.8, 4) is 56.4 Å². The van der Waals surface area contributed by atoms with Crippen molar-refractivity contribution < 1.29 is 4.42 Å². The average Bonchev–Trinajstić information content (AvgIpc) is 3.59. The third-order valence-electron chi connectivity index (χ3n) is 9.72. The minimum Gasteiger partial charge on any atom is -0.455 e. The molecule has 8 aromatic carbocycles. The first-order chi connectivity index (χ1) is 25.3. The smallest absolute Gasteiger partial charge is 0.167 e. The van der Waals surface area contributed by atoms with E-state index in [0.29, 0.717) is 17.5 Å². The fourth-order valence-corrected chi connectivity index (χ4v) is 7.24. The third-order valence-corrected chi connectivity index (χ3v) is 9.72. The maximum atomic E-state index is 6.51. The van der Waals surface area contributed by atoms with Gasteiger partial charge in [-0.2, -0.15) is 0 Å². The molecule has 2 aromatic heterocycles. The van der Waals surface area contributed by atoms with E-state index in [1.54, 1.807) is 0 Å². The monoisotopic (exact) mass is 651 g/mol. The molecule has 0 atom stereocenters. The standard InChI is InChI=1S/C47H29N3O/c1-2-12-30(13-3-1)34-17-10-18-36(29-34)45-48-46(41-22-11-21-40-39-20-8-9-23-42(39)51-44(40)41)50-47(49-45)43-37-19-7-6-15-32(37)26-27-38(43)35-25-24-31-14-4-5-16-33(31)28-35/h1-29H. The van der Waals surface area contributed by atoms with Gasteiger partial charge in [-0.25, -0.2) is 15.0 Å². The van der Waals surface area contributed by atoms with Gasteiger partial charge in [0.05, 0.1) is 5.56 Å². The summed E-state index contributed by atoms with van der Waals surface area (Å²) in [5.74, 6) is 1.76. The van der Waals surface area contributed by atoms with Crippen LogP contribution in [0.5, 0.6) is 0 Å². The number of para-hydroxylation sites is 2. The van der Waals surface area contributed by atoms with Gasteiger partial charge in [0.15, 0.2) is 17.5 Å². The molecule has 51 heavy (non-hydrogen) atoms. The fraction of sp³-hybridized carbons (Fsp3) is 0. The van der Waals surface area contributed by atoms with Gasteiger partial charge in [0.1, 0.15) is 11.2 Å². The van der Waals surface area contributed by atoms with E-state index in [9.17, 15) is 0 Å². The molecule has 0 spiro atoms. The second kappa shape index (κ2) is 11.9. The van der Waals surface area contributed by atoms with Crippen LogP contribution in [0.15, 0.2) is 180 Å². The van der Waals surface area contributed by atoms with Crippen LogP contribution in [-0.4, -0.2) is 15.0 Å². The lowest BCUT2D eigenvalue weighted by Crippen LogP contribution is -2.02. The largest absolute Gasteiger partial charge is 0.455 e. The Hall–Kier alpha value is -6.91. The molecule has 0 saturated carbocycles. The topological polar surface area (TPSA) is 51.8 Å². The van der Waals surface area contributed by atoms with Gasteiger partial charge in [-0.05, 0) is 68.1 Å². The molecule has 0 aliphatic rings. The number of rotatable bonds is 5. The Kier molecular flexibility index (Phi) is 6.78. The Morgan fingerprint density at radius 1 is 0.333 bits per heavy atom. The van der Waals surface area contributed by atoms with Crippen molar-refractivity contribution in [2.24, 2.45) is 0 Å². The Morgan fingerprint density at radius 3 is 1.88 bits per heavy atom. The first kappa shape index (κ1) is 29.0. The van der Waals surface area contributed by atoms with E-state index in [0.717, 1.165) is 71.7 Å². The quantitative estimate of drug-likeness (QED) is 0.186. The van der Waals surface area contributed by atoms with E-state index >= 15 is 0 Å². The SMILES string of the molecule is c1ccc(-c2cccc(-c3nc(-c4c(-c5ccc6ccccc6c5)ccc5ccccc45)nc(-c4cccc5c4oc4ccccc45)n3)c2)cc1. The van der Waals surface area contributed by atoms with E-state index in [1.165, 1.54) is 10.8 Å². The number of hydrogen-bond donors (Lipinski definition) is 0. The van der Waals surface area contributed by atoms with Gasteiger partial charge in [0, 0.05) is 21.9 Å². The molecule has 4 nitrogen and oxygen atoms in total. The Balaban J connectivity index is 1.27. The number of hydrogen-bond acceptors (Lipinski definition) is 4. The van der Waals surface area contributed by atoms with Crippen molar-refractivity contribution in [2.75, 3.05) is 0 Å². The van der Waals surface area contributed by atoms with E-state index in [-0.39, 0.29) is 0 Å². The fourth-order valence-electron chi connectivity index (χ4n) is 7.24. The molecule has 0 N–H and O–H groups in total. The summed E-state index contributed by atoms with van der Waals surface area (Å²) in [5.41, 5.74) is 8.66. The van der Waals surface area contributed by atoms with E-state index in [4.69, 9.17) is 19.4 Å². The summed E-state index contributed by atoms with van der Waals surface area (Å²) in [6, 6.07) is 61.1. The molecule has 4 heteroatoms. The first-order valence-electron chi connectivity index (χ1n) is 17.1. The highest BCUT2D eigenvalue weighted by molar-refractivity contribution is 6.09. The summed E-state index contributed by atoms with van der Waals surface area (Å²) < 4.78 is 6.51. The zero-order valence-electron chi connectivity index (χ0n) is 27.5. The summed E-state index contributed by atoms with van der Waals surface area (Å²) in [6.45, 7) is 0. The zero-order valence-corrected chi connectivity index (χ0v) is 27.5.